The van der Waals surface area contributed by atoms with Gasteiger partial charge >= 0.3 is 0 Å². The molecule has 1 fully saturated rings. The Labute approximate surface area is 186 Å². The van der Waals surface area contributed by atoms with E-state index in [4.69, 9.17) is 4.74 Å². The van der Waals surface area contributed by atoms with Crippen LogP contribution >= 0.6 is 0 Å². The molecule has 0 N–H and O–H groups in total. The Morgan fingerprint density at radius 1 is 1.06 bits per heavy atom. The molecule has 0 radical (unpaired) electrons. The smallest absolute Gasteiger partial charge is 0.270 e. The zero-order valence-corrected chi connectivity index (χ0v) is 18.5. The molecule has 2 aliphatic rings. The number of hydrogen-bond acceptors (Lipinski definition) is 6. The van der Waals surface area contributed by atoms with Crippen molar-refractivity contribution in [3.8, 4) is 5.75 Å². The third-order valence-electron chi connectivity index (χ3n) is 5.70. The van der Waals surface area contributed by atoms with Crippen LogP contribution in [0.1, 0.15) is 46.9 Å². The van der Waals surface area contributed by atoms with Gasteiger partial charge in [-0.05, 0) is 43.5 Å². The van der Waals surface area contributed by atoms with E-state index in [2.05, 4.69) is 0 Å². The summed E-state index contributed by atoms with van der Waals surface area (Å²) in [5, 5.41) is 0. The van der Waals surface area contributed by atoms with E-state index in [1.54, 1.807) is 31.2 Å². The van der Waals surface area contributed by atoms with E-state index in [-0.39, 0.29) is 16.0 Å². The number of imide groups is 1. The number of ketones is 1. The second-order valence-corrected chi connectivity index (χ2v) is 9.74. The molecule has 2 aromatic carbocycles. The van der Waals surface area contributed by atoms with Crippen LogP contribution in [0.15, 0.2) is 53.4 Å². The summed E-state index contributed by atoms with van der Waals surface area (Å²) < 4.78 is 32.8. The van der Waals surface area contributed by atoms with Crippen LogP contribution in [0, 0.1) is 0 Å². The lowest BCUT2D eigenvalue weighted by Crippen LogP contribution is -2.45. The number of amides is 2. The van der Waals surface area contributed by atoms with Gasteiger partial charge in [0.15, 0.2) is 11.9 Å². The van der Waals surface area contributed by atoms with Gasteiger partial charge < -0.3 is 4.74 Å². The molecule has 0 saturated carbocycles. The van der Waals surface area contributed by atoms with E-state index in [1.807, 2.05) is 0 Å². The molecule has 2 heterocycles. The lowest BCUT2D eigenvalue weighted by Gasteiger charge is -2.21. The number of ether oxygens (including phenoxy) is 1. The minimum Gasteiger partial charge on any atom is -0.480 e. The SMILES string of the molecule is CC[C@H]1Oc2ccccc2C(=O)N(CC(=O)c2cccc(S(=O)(=O)N3CCCC3)c2)C1=O. The first-order valence-electron chi connectivity index (χ1n) is 10.6. The van der Waals surface area contributed by atoms with E-state index in [9.17, 15) is 22.8 Å². The van der Waals surface area contributed by atoms with Crippen LogP contribution in [0.5, 0.6) is 5.75 Å². The molecule has 9 heteroatoms. The first-order valence-corrected chi connectivity index (χ1v) is 12.0. The van der Waals surface area contributed by atoms with Gasteiger partial charge in [-0.1, -0.05) is 31.2 Å². The first kappa shape index (κ1) is 22.2. The van der Waals surface area contributed by atoms with Crippen molar-refractivity contribution in [3.63, 3.8) is 0 Å². The van der Waals surface area contributed by atoms with E-state index < -0.39 is 40.3 Å². The van der Waals surface area contributed by atoms with Crippen LogP contribution in [-0.2, 0) is 14.8 Å². The molecule has 2 amide bonds. The van der Waals surface area contributed by atoms with Crippen LogP contribution in [0.25, 0.3) is 0 Å². The van der Waals surface area contributed by atoms with Crippen molar-refractivity contribution in [1.82, 2.24) is 9.21 Å². The molecule has 0 aliphatic carbocycles. The standard InChI is InChI=1S/C23H24N2O6S/c1-2-20-23(28)25(22(27)18-10-3-4-11-21(18)31-20)15-19(26)16-8-7-9-17(14-16)32(29,30)24-12-5-6-13-24/h3-4,7-11,14,20H,2,5-6,12-13,15H2,1H3/t20-/m1/s1. The summed E-state index contributed by atoms with van der Waals surface area (Å²) in [5.74, 6) is -1.44. The number of hydrogen-bond donors (Lipinski definition) is 0. The monoisotopic (exact) mass is 456 g/mol. The maximum absolute atomic E-state index is 13.0. The highest BCUT2D eigenvalue weighted by Gasteiger charge is 2.37. The molecule has 2 aromatic rings. The largest absolute Gasteiger partial charge is 0.480 e. The number of carbonyl (C=O) groups excluding carboxylic acids is 3. The molecule has 2 aliphatic heterocycles. The van der Waals surface area contributed by atoms with E-state index >= 15 is 0 Å². The third-order valence-corrected chi connectivity index (χ3v) is 7.60. The lowest BCUT2D eigenvalue weighted by atomic mass is 10.1. The Balaban J connectivity index is 1.62. The van der Waals surface area contributed by atoms with Gasteiger partial charge in [0.25, 0.3) is 11.8 Å². The molecule has 1 atom stereocenters. The molecule has 0 bridgehead atoms. The van der Waals surface area contributed by atoms with Crippen LogP contribution in [0.4, 0.5) is 0 Å². The fraction of sp³-hybridized carbons (Fsp3) is 0.348. The van der Waals surface area contributed by atoms with Crippen LogP contribution in [0.2, 0.25) is 0 Å². The third kappa shape index (κ3) is 4.05. The average Bonchev–Trinajstić information content (AvgIpc) is 3.33. The van der Waals surface area contributed by atoms with Gasteiger partial charge in [0.05, 0.1) is 17.0 Å². The Bertz CT molecular complexity index is 1170. The summed E-state index contributed by atoms with van der Waals surface area (Å²) in [6.45, 7) is 2.16. The van der Waals surface area contributed by atoms with Crippen molar-refractivity contribution in [2.24, 2.45) is 0 Å². The van der Waals surface area contributed by atoms with Crippen molar-refractivity contribution in [2.45, 2.75) is 37.2 Å². The number of carbonyl (C=O) groups is 3. The summed E-state index contributed by atoms with van der Waals surface area (Å²) in [7, 11) is -3.69. The van der Waals surface area contributed by atoms with Crippen molar-refractivity contribution in [2.75, 3.05) is 19.6 Å². The number of benzene rings is 2. The predicted molar refractivity (Wildman–Crippen MR) is 116 cm³/mol. The van der Waals surface area contributed by atoms with Crippen molar-refractivity contribution in [3.05, 3.63) is 59.7 Å². The highest BCUT2D eigenvalue weighted by Crippen LogP contribution is 2.27. The Hall–Kier alpha value is -3.04. The topological polar surface area (TPSA) is 101 Å². The van der Waals surface area contributed by atoms with E-state index in [0.717, 1.165) is 17.7 Å². The van der Waals surface area contributed by atoms with Crippen LogP contribution < -0.4 is 4.74 Å². The molecule has 0 unspecified atom stereocenters. The van der Waals surface area contributed by atoms with Gasteiger partial charge in [-0.25, -0.2) is 8.42 Å². The number of Topliss-reactive ketones (excluding diaryl/α,β-unsaturated/α-hetero) is 1. The second kappa shape index (κ2) is 8.84. The molecular formula is C23H24N2O6S. The maximum Gasteiger partial charge on any atom is 0.270 e. The van der Waals surface area contributed by atoms with Gasteiger partial charge in [-0.3, -0.25) is 19.3 Å². The molecule has 32 heavy (non-hydrogen) atoms. The molecule has 4 rings (SSSR count). The fourth-order valence-corrected chi connectivity index (χ4v) is 5.48. The predicted octanol–water partition coefficient (Wildman–Crippen LogP) is 2.49. The second-order valence-electron chi connectivity index (χ2n) is 7.80. The summed E-state index contributed by atoms with van der Waals surface area (Å²) >= 11 is 0. The molecule has 0 spiro atoms. The molecule has 8 nitrogen and oxygen atoms in total. The fourth-order valence-electron chi connectivity index (χ4n) is 3.92. The van der Waals surface area contributed by atoms with Crippen LogP contribution in [-0.4, -0.2) is 61.0 Å². The normalized spacial score (nSPS) is 19.4. The minimum absolute atomic E-state index is 0.0267. The number of rotatable bonds is 6. The van der Waals surface area contributed by atoms with Gasteiger partial charge in [0.1, 0.15) is 5.75 Å². The number of para-hydroxylation sites is 1. The molecule has 1 saturated heterocycles. The summed E-state index contributed by atoms with van der Waals surface area (Å²) in [6, 6.07) is 12.3. The Morgan fingerprint density at radius 3 is 2.50 bits per heavy atom. The molecule has 0 aromatic heterocycles. The first-order chi connectivity index (χ1) is 15.3. The number of fused-ring (bicyclic) bond motifs is 1. The van der Waals surface area contributed by atoms with Crippen molar-refractivity contribution in [1.29, 1.82) is 0 Å². The lowest BCUT2D eigenvalue weighted by molar-refractivity contribution is -0.135. The average molecular weight is 457 g/mol. The number of sulfonamides is 1. The summed E-state index contributed by atoms with van der Waals surface area (Å²) in [5.41, 5.74) is 0.326. The highest BCUT2D eigenvalue weighted by molar-refractivity contribution is 7.89. The summed E-state index contributed by atoms with van der Waals surface area (Å²) in [6.07, 6.45) is 1.05. The van der Waals surface area contributed by atoms with Gasteiger partial charge in [-0.15, -0.1) is 0 Å². The maximum atomic E-state index is 13.0. The van der Waals surface area contributed by atoms with Gasteiger partial charge in [0.2, 0.25) is 10.0 Å². The Kier molecular flexibility index (Phi) is 6.12. The van der Waals surface area contributed by atoms with Gasteiger partial charge in [0, 0.05) is 18.7 Å². The number of nitrogens with zero attached hydrogens (tertiary/aromatic N) is 2. The highest BCUT2D eigenvalue weighted by atomic mass is 32.2. The van der Waals surface area contributed by atoms with E-state index in [1.165, 1.54) is 28.6 Å². The summed E-state index contributed by atoms with van der Waals surface area (Å²) in [4.78, 5) is 39.9. The van der Waals surface area contributed by atoms with Crippen molar-refractivity contribution >= 4 is 27.6 Å². The minimum atomic E-state index is -3.69. The molecule has 168 valence electrons. The zero-order chi connectivity index (χ0) is 22.9. The van der Waals surface area contributed by atoms with Crippen LogP contribution in [0.3, 0.4) is 0 Å². The van der Waals surface area contributed by atoms with Crippen molar-refractivity contribution < 1.29 is 27.5 Å². The Morgan fingerprint density at radius 2 is 1.78 bits per heavy atom. The zero-order valence-electron chi connectivity index (χ0n) is 17.7. The van der Waals surface area contributed by atoms with E-state index in [0.29, 0.717) is 25.3 Å². The van der Waals surface area contributed by atoms with Gasteiger partial charge in [-0.2, -0.15) is 4.31 Å². The molecular weight excluding hydrogens is 432 g/mol. The quantitative estimate of drug-likeness (QED) is 0.489.